The number of nitrogens with zero attached hydrogens (tertiary/aromatic N) is 5. The third kappa shape index (κ3) is 5.98. The fraction of sp³-hybridized carbons (Fsp3) is 0.200. The maximum atomic E-state index is 13.3. The van der Waals surface area contributed by atoms with E-state index in [2.05, 4.69) is 15.5 Å². The summed E-state index contributed by atoms with van der Waals surface area (Å²) in [5.41, 5.74) is 2.91. The lowest BCUT2D eigenvalue weighted by molar-refractivity contribution is -0.129. The third-order valence-corrected chi connectivity index (χ3v) is 5.85. The van der Waals surface area contributed by atoms with Crippen molar-refractivity contribution in [3.63, 3.8) is 0 Å². The summed E-state index contributed by atoms with van der Waals surface area (Å²) < 4.78 is 7.32. The Balaban J connectivity index is 1.50. The highest BCUT2D eigenvalue weighted by Gasteiger charge is 2.19. The van der Waals surface area contributed by atoms with Gasteiger partial charge in [0.05, 0.1) is 12.4 Å². The third-order valence-electron chi connectivity index (χ3n) is 4.94. The van der Waals surface area contributed by atoms with Crippen molar-refractivity contribution >= 4 is 17.7 Å². The second-order valence-corrected chi connectivity index (χ2v) is 8.23. The molecule has 0 bridgehead atoms. The summed E-state index contributed by atoms with van der Waals surface area (Å²) in [5.74, 6) is 0.923. The van der Waals surface area contributed by atoms with E-state index >= 15 is 0 Å². The van der Waals surface area contributed by atoms with E-state index in [9.17, 15) is 4.79 Å². The zero-order valence-corrected chi connectivity index (χ0v) is 19.2. The van der Waals surface area contributed by atoms with Crippen molar-refractivity contribution in [3.05, 3.63) is 96.1 Å². The molecule has 0 N–H and O–H groups in total. The van der Waals surface area contributed by atoms with Crippen molar-refractivity contribution in [2.24, 2.45) is 0 Å². The summed E-state index contributed by atoms with van der Waals surface area (Å²) in [5, 5.41) is 12.6. The van der Waals surface area contributed by atoms with E-state index in [1.807, 2.05) is 96.8 Å². The minimum absolute atomic E-state index is 0.0142. The topological polar surface area (TPSA) is 73.1 Å². The number of rotatable bonds is 10. The van der Waals surface area contributed by atoms with Crippen LogP contribution in [0.5, 0.6) is 5.75 Å². The molecule has 0 aliphatic heterocycles. The molecule has 3 aromatic carbocycles. The summed E-state index contributed by atoms with van der Waals surface area (Å²) >= 11 is 1.31. The molecule has 0 spiro atoms. The number of para-hydroxylation sites is 2. The SMILES string of the molecule is CCOc1ccccc1-n1nnnc1SCC(=O)N(Cc1ccccc1)Cc1ccccc1. The van der Waals surface area contributed by atoms with Gasteiger partial charge in [-0.05, 0) is 40.6 Å². The molecule has 1 heterocycles. The van der Waals surface area contributed by atoms with Gasteiger partial charge in [-0.3, -0.25) is 4.79 Å². The Labute approximate surface area is 197 Å². The lowest BCUT2D eigenvalue weighted by Crippen LogP contribution is -2.31. The molecule has 8 heteroatoms. The normalized spacial score (nSPS) is 10.7. The molecule has 7 nitrogen and oxygen atoms in total. The number of ether oxygens (including phenoxy) is 1. The molecule has 1 amide bonds. The Bertz CT molecular complexity index is 1130. The van der Waals surface area contributed by atoms with Crippen molar-refractivity contribution in [1.82, 2.24) is 25.1 Å². The van der Waals surface area contributed by atoms with Crippen LogP contribution in [0.2, 0.25) is 0 Å². The van der Waals surface area contributed by atoms with Crippen LogP contribution in [0.4, 0.5) is 0 Å². The number of tetrazole rings is 1. The molecule has 0 fully saturated rings. The van der Waals surface area contributed by atoms with Crippen LogP contribution in [0, 0.1) is 0 Å². The fourth-order valence-corrected chi connectivity index (χ4v) is 4.17. The monoisotopic (exact) mass is 459 g/mol. The van der Waals surface area contributed by atoms with Crippen molar-refractivity contribution in [3.8, 4) is 11.4 Å². The standard InChI is InChI=1S/C25H25N5O2S/c1-2-32-23-16-10-9-15-22(23)30-25(26-27-28-30)33-19-24(31)29(17-20-11-5-3-6-12-20)18-21-13-7-4-8-14-21/h3-16H,2,17-19H2,1H3. The van der Waals surface area contributed by atoms with E-state index in [1.54, 1.807) is 4.68 Å². The molecule has 0 aliphatic rings. The molecule has 168 valence electrons. The van der Waals surface area contributed by atoms with Crippen LogP contribution in [-0.2, 0) is 17.9 Å². The molecule has 0 atom stereocenters. The van der Waals surface area contributed by atoms with Gasteiger partial charge in [0, 0.05) is 13.1 Å². The van der Waals surface area contributed by atoms with Gasteiger partial charge in [0.15, 0.2) is 0 Å². The van der Waals surface area contributed by atoms with E-state index in [1.165, 1.54) is 11.8 Å². The van der Waals surface area contributed by atoms with Crippen LogP contribution in [-0.4, -0.2) is 43.4 Å². The molecule has 1 aromatic heterocycles. The van der Waals surface area contributed by atoms with Gasteiger partial charge in [0.2, 0.25) is 11.1 Å². The maximum absolute atomic E-state index is 13.3. The molecule has 0 aliphatic carbocycles. The highest BCUT2D eigenvalue weighted by molar-refractivity contribution is 7.99. The summed E-state index contributed by atoms with van der Waals surface area (Å²) in [7, 11) is 0. The minimum Gasteiger partial charge on any atom is -0.492 e. The first kappa shape index (κ1) is 22.5. The first-order chi connectivity index (χ1) is 16.2. The number of hydrogen-bond donors (Lipinski definition) is 0. The molecule has 4 aromatic rings. The Morgan fingerprint density at radius 3 is 2.15 bits per heavy atom. The van der Waals surface area contributed by atoms with Crippen LogP contribution in [0.25, 0.3) is 5.69 Å². The summed E-state index contributed by atoms with van der Waals surface area (Å²) in [6, 6.07) is 27.6. The Morgan fingerprint density at radius 1 is 0.909 bits per heavy atom. The first-order valence-electron chi connectivity index (χ1n) is 10.7. The predicted octanol–water partition coefficient (Wildman–Crippen LogP) is 4.38. The quantitative estimate of drug-likeness (QED) is 0.328. The maximum Gasteiger partial charge on any atom is 0.233 e. The van der Waals surface area contributed by atoms with Gasteiger partial charge in [0.25, 0.3) is 0 Å². The van der Waals surface area contributed by atoms with Crippen molar-refractivity contribution in [2.45, 2.75) is 25.2 Å². The zero-order chi connectivity index (χ0) is 22.9. The van der Waals surface area contributed by atoms with E-state index in [0.29, 0.717) is 30.6 Å². The van der Waals surface area contributed by atoms with Crippen LogP contribution >= 0.6 is 11.8 Å². The molecular formula is C25H25N5O2S. The van der Waals surface area contributed by atoms with Gasteiger partial charge < -0.3 is 9.64 Å². The summed E-state index contributed by atoms with van der Waals surface area (Å²) in [4.78, 5) is 15.1. The lowest BCUT2D eigenvalue weighted by atomic mass is 10.1. The van der Waals surface area contributed by atoms with Crippen molar-refractivity contribution < 1.29 is 9.53 Å². The molecule has 0 saturated carbocycles. The van der Waals surface area contributed by atoms with E-state index in [0.717, 1.165) is 16.8 Å². The number of hydrogen-bond acceptors (Lipinski definition) is 6. The summed E-state index contributed by atoms with van der Waals surface area (Å²) in [6.07, 6.45) is 0. The van der Waals surface area contributed by atoms with Gasteiger partial charge >= 0.3 is 0 Å². The van der Waals surface area contributed by atoms with Gasteiger partial charge in [-0.1, -0.05) is 84.6 Å². The Kier molecular flexibility index (Phi) is 7.71. The number of carbonyl (C=O) groups excluding carboxylic acids is 1. The predicted molar refractivity (Wildman–Crippen MR) is 128 cm³/mol. The van der Waals surface area contributed by atoms with Crippen molar-refractivity contribution in [1.29, 1.82) is 0 Å². The summed E-state index contributed by atoms with van der Waals surface area (Å²) in [6.45, 7) is 3.53. The highest BCUT2D eigenvalue weighted by atomic mass is 32.2. The van der Waals surface area contributed by atoms with Gasteiger partial charge in [0.1, 0.15) is 11.4 Å². The van der Waals surface area contributed by atoms with Crippen LogP contribution < -0.4 is 4.74 Å². The Hall–Kier alpha value is -3.65. The molecule has 0 radical (unpaired) electrons. The van der Waals surface area contributed by atoms with E-state index in [-0.39, 0.29) is 11.7 Å². The van der Waals surface area contributed by atoms with Crippen LogP contribution in [0.15, 0.2) is 90.1 Å². The number of thioether (sulfide) groups is 1. The largest absolute Gasteiger partial charge is 0.492 e. The minimum atomic E-state index is 0.0142. The van der Waals surface area contributed by atoms with Gasteiger partial charge in [-0.25, -0.2) is 0 Å². The number of carbonyl (C=O) groups is 1. The van der Waals surface area contributed by atoms with Crippen molar-refractivity contribution in [2.75, 3.05) is 12.4 Å². The molecular weight excluding hydrogens is 434 g/mol. The number of amides is 1. The van der Waals surface area contributed by atoms with Crippen LogP contribution in [0.1, 0.15) is 18.1 Å². The second kappa shape index (κ2) is 11.3. The average Bonchev–Trinajstić information content (AvgIpc) is 3.32. The lowest BCUT2D eigenvalue weighted by Gasteiger charge is -2.23. The molecule has 0 unspecified atom stereocenters. The van der Waals surface area contributed by atoms with E-state index < -0.39 is 0 Å². The van der Waals surface area contributed by atoms with Gasteiger partial charge in [-0.2, -0.15) is 4.68 Å². The first-order valence-corrected chi connectivity index (χ1v) is 11.7. The number of aromatic nitrogens is 4. The molecule has 4 rings (SSSR count). The zero-order valence-electron chi connectivity index (χ0n) is 18.4. The van der Waals surface area contributed by atoms with Gasteiger partial charge in [-0.15, -0.1) is 5.10 Å². The fourth-order valence-electron chi connectivity index (χ4n) is 3.39. The highest BCUT2D eigenvalue weighted by Crippen LogP contribution is 2.26. The Morgan fingerprint density at radius 2 is 1.52 bits per heavy atom. The average molecular weight is 460 g/mol. The van der Waals surface area contributed by atoms with Crippen LogP contribution in [0.3, 0.4) is 0 Å². The molecule has 0 saturated heterocycles. The smallest absolute Gasteiger partial charge is 0.233 e. The second-order valence-electron chi connectivity index (χ2n) is 7.28. The van der Waals surface area contributed by atoms with E-state index in [4.69, 9.17) is 4.74 Å². The number of benzene rings is 3. The molecule has 33 heavy (non-hydrogen) atoms.